The highest BCUT2D eigenvalue weighted by molar-refractivity contribution is 5.71. The third-order valence-corrected chi connectivity index (χ3v) is 2.20. The van der Waals surface area contributed by atoms with Crippen LogP contribution in [0.2, 0.25) is 0 Å². The molecule has 2 aromatic heterocycles. The van der Waals surface area contributed by atoms with Crippen LogP contribution < -0.4 is 5.73 Å². The minimum Gasteiger partial charge on any atom is -0.463 e. The molecule has 0 aliphatic heterocycles. The first kappa shape index (κ1) is 13.1. The number of hydrogen-bond donors (Lipinski definition) is 1. The summed E-state index contributed by atoms with van der Waals surface area (Å²) in [5.41, 5.74) is 5.63. The second-order valence-electron chi connectivity index (χ2n) is 3.64. The summed E-state index contributed by atoms with van der Waals surface area (Å²) in [4.78, 5) is 21.6. The number of nitrogen functional groups attached to an aromatic ring is 1. The lowest BCUT2D eigenvalue weighted by Gasteiger charge is -2.06. The number of imidazole rings is 1. The fourth-order valence-electron chi connectivity index (χ4n) is 1.43. The molecule has 2 aromatic rings. The summed E-state index contributed by atoms with van der Waals surface area (Å²) in [6.07, 6.45) is 1.37. The van der Waals surface area contributed by atoms with Crippen LogP contribution in [0.4, 0.5) is 10.3 Å². The largest absolute Gasteiger partial charge is 0.463 e. The molecule has 0 unspecified atom stereocenters. The first-order valence-electron chi connectivity index (χ1n) is 5.43. The van der Waals surface area contributed by atoms with Gasteiger partial charge in [-0.25, -0.2) is 4.98 Å². The van der Waals surface area contributed by atoms with Crippen molar-refractivity contribution < 1.29 is 18.7 Å². The van der Waals surface area contributed by atoms with Crippen LogP contribution in [-0.4, -0.2) is 38.7 Å². The molecule has 0 aliphatic rings. The first-order chi connectivity index (χ1) is 9.08. The van der Waals surface area contributed by atoms with Gasteiger partial charge in [-0.15, -0.1) is 0 Å². The lowest BCUT2D eigenvalue weighted by molar-refractivity contribution is -0.142. The van der Waals surface area contributed by atoms with E-state index in [2.05, 4.69) is 15.0 Å². The molecular formula is C10H12FN5O3. The van der Waals surface area contributed by atoms with Gasteiger partial charge in [0.05, 0.1) is 12.9 Å². The number of aromatic nitrogens is 4. The molecular weight excluding hydrogens is 257 g/mol. The standard InChI is InChI=1S/C10H12FN5O3/c1-6(17)19-3-2-18-5-16-4-13-7-8(11)14-10(12)15-9(7)16/h4H,2-3,5H2,1H3,(H2,12,14,15). The molecule has 8 nitrogen and oxygen atoms in total. The topological polar surface area (TPSA) is 105 Å². The van der Waals surface area contributed by atoms with Crippen molar-refractivity contribution in [2.45, 2.75) is 13.7 Å². The summed E-state index contributed by atoms with van der Waals surface area (Å²) in [6, 6.07) is 0. The summed E-state index contributed by atoms with van der Waals surface area (Å²) < 4.78 is 24.8. The van der Waals surface area contributed by atoms with Crippen LogP contribution in [0.5, 0.6) is 0 Å². The van der Waals surface area contributed by atoms with E-state index in [0.29, 0.717) is 0 Å². The zero-order valence-electron chi connectivity index (χ0n) is 10.2. The fourth-order valence-corrected chi connectivity index (χ4v) is 1.43. The zero-order valence-corrected chi connectivity index (χ0v) is 10.2. The van der Waals surface area contributed by atoms with Crippen molar-refractivity contribution in [3.63, 3.8) is 0 Å². The number of fused-ring (bicyclic) bond motifs is 1. The Bertz CT molecular complexity index is 600. The van der Waals surface area contributed by atoms with Crippen molar-refractivity contribution in [2.75, 3.05) is 18.9 Å². The van der Waals surface area contributed by atoms with Crippen LogP contribution in [0.1, 0.15) is 6.92 Å². The predicted molar refractivity (Wildman–Crippen MR) is 62.3 cm³/mol. The van der Waals surface area contributed by atoms with Crippen LogP contribution in [-0.2, 0) is 21.0 Å². The van der Waals surface area contributed by atoms with Gasteiger partial charge < -0.3 is 15.2 Å². The molecule has 2 N–H and O–H groups in total. The van der Waals surface area contributed by atoms with Gasteiger partial charge in [0.2, 0.25) is 11.9 Å². The predicted octanol–water partition coefficient (Wildman–Crippen LogP) is 0.0848. The van der Waals surface area contributed by atoms with Gasteiger partial charge in [0.15, 0.2) is 11.2 Å². The number of halogens is 1. The number of ether oxygens (including phenoxy) is 2. The van der Waals surface area contributed by atoms with Gasteiger partial charge in [-0.05, 0) is 0 Å². The van der Waals surface area contributed by atoms with Crippen molar-refractivity contribution in [1.29, 1.82) is 0 Å². The summed E-state index contributed by atoms with van der Waals surface area (Å²) in [5, 5.41) is 0. The van der Waals surface area contributed by atoms with E-state index in [0.717, 1.165) is 0 Å². The normalized spacial score (nSPS) is 10.8. The second-order valence-corrected chi connectivity index (χ2v) is 3.64. The average Bonchev–Trinajstić information content (AvgIpc) is 2.72. The average molecular weight is 269 g/mol. The highest BCUT2D eigenvalue weighted by Gasteiger charge is 2.11. The van der Waals surface area contributed by atoms with Crippen molar-refractivity contribution in [2.24, 2.45) is 0 Å². The SMILES string of the molecule is CC(=O)OCCOCn1cnc2c(F)nc(N)nc21. The van der Waals surface area contributed by atoms with Crippen LogP contribution in [0.25, 0.3) is 11.2 Å². The number of carbonyl (C=O) groups is 1. The molecule has 0 saturated heterocycles. The Balaban J connectivity index is 1.99. The van der Waals surface area contributed by atoms with Crippen LogP contribution >= 0.6 is 0 Å². The van der Waals surface area contributed by atoms with Gasteiger partial charge in [0.1, 0.15) is 13.3 Å². The molecule has 0 spiro atoms. The van der Waals surface area contributed by atoms with Crippen molar-refractivity contribution in [3.05, 3.63) is 12.3 Å². The Hall–Kier alpha value is -2.29. The molecule has 0 aliphatic carbocycles. The summed E-state index contributed by atoms with van der Waals surface area (Å²) >= 11 is 0. The third kappa shape index (κ3) is 3.13. The number of anilines is 1. The molecule has 9 heteroatoms. The lowest BCUT2D eigenvalue weighted by Crippen LogP contribution is -2.10. The van der Waals surface area contributed by atoms with Crippen LogP contribution in [0.15, 0.2) is 6.33 Å². The Kier molecular flexibility index (Phi) is 3.85. The van der Waals surface area contributed by atoms with Gasteiger partial charge in [0.25, 0.3) is 0 Å². The minimum absolute atomic E-state index is 0.0257. The minimum atomic E-state index is -0.777. The Morgan fingerprint density at radius 1 is 1.47 bits per heavy atom. The van der Waals surface area contributed by atoms with Gasteiger partial charge >= 0.3 is 5.97 Å². The Labute approximate surface area is 107 Å². The molecule has 0 radical (unpaired) electrons. The Morgan fingerprint density at radius 3 is 3.00 bits per heavy atom. The highest BCUT2D eigenvalue weighted by atomic mass is 19.1. The number of hydrogen-bond acceptors (Lipinski definition) is 7. The highest BCUT2D eigenvalue weighted by Crippen LogP contribution is 2.13. The van der Waals surface area contributed by atoms with Crippen LogP contribution in [0, 0.1) is 5.95 Å². The fraction of sp³-hybridized carbons (Fsp3) is 0.400. The molecule has 102 valence electrons. The molecule has 0 amide bonds. The molecule has 19 heavy (non-hydrogen) atoms. The van der Waals surface area contributed by atoms with E-state index in [4.69, 9.17) is 15.2 Å². The number of nitrogens with zero attached hydrogens (tertiary/aromatic N) is 4. The maximum absolute atomic E-state index is 13.4. The third-order valence-electron chi connectivity index (χ3n) is 2.20. The molecule has 0 bridgehead atoms. The summed E-state index contributed by atoms with van der Waals surface area (Å²) in [6.45, 7) is 1.76. The smallest absolute Gasteiger partial charge is 0.302 e. The molecule has 2 heterocycles. The summed E-state index contributed by atoms with van der Waals surface area (Å²) in [5.74, 6) is -1.33. The van der Waals surface area contributed by atoms with Gasteiger partial charge in [-0.2, -0.15) is 14.4 Å². The number of nitrogens with two attached hydrogens (primary N) is 1. The maximum Gasteiger partial charge on any atom is 0.302 e. The quantitative estimate of drug-likeness (QED) is 0.465. The maximum atomic E-state index is 13.4. The Morgan fingerprint density at radius 2 is 2.26 bits per heavy atom. The van der Waals surface area contributed by atoms with Gasteiger partial charge in [-0.3, -0.25) is 9.36 Å². The zero-order chi connectivity index (χ0) is 13.8. The molecule has 0 aromatic carbocycles. The van der Waals surface area contributed by atoms with E-state index in [9.17, 15) is 9.18 Å². The van der Waals surface area contributed by atoms with Crippen molar-refractivity contribution in [3.8, 4) is 0 Å². The summed E-state index contributed by atoms with van der Waals surface area (Å²) in [7, 11) is 0. The second kappa shape index (κ2) is 5.57. The van der Waals surface area contributed by atoms with Crippen molar-refractivity contribution in [1.82, 2.24) is 19.5 Å². The number of rotatable bonds is 5. The van der Waals surface area contributed by atoms with E-state index in [1.807, 2.05) is 0 Å². The molecule has 0 saturated carbocycles. The van der Waals surface area contributed by atoms with Gasteiger partial charge in [-0.1, -0.05) is 0 Å². The number of esters is 1. The van der Waals surface area contributed by atoms with Crippen LogP contribution in [0.3, 0.4) is 0 Å². The van der Waals surface area contributed by atoms with E-state index in [1.54, 1.807) is 0 Å². The molecule has 0 atom stereocenters. The van der Waals surface area contributed by atoms with E-state index >= 15 is 0 Å². The molecule has 0 fully saturated rings. The number of carbonyl (C=O) groups excluding carboxylic acids is 1. The molecule has 2 rings (SSSR count). The lowest BCUT2D eigenvalue weighted by atomic mass is 10.5. The monoisotopic (exact) mass is 269 g/mol. The van der Waals surface area contributed by atoms with E-state index < -0.39 is 5.95 Å². The van der Waals surface area contributed by atoms with Gasteiger partial charge in [0, 0.05) is 6.92 Å². The van der Waals surface area contributed by atoms with Crippen molar-refractivity contribution >= 4 is 23.1 Å². The van der Waals surface area contributed by atoms with E-state index in [-0.39, 0.29) is 43.0 Å². The van der Waals surface area contributed by atoms with E-state index in [1.165, 1.54) is 17.8 Å². The first-order valence-corrected chi connectivity index (χ1v) is 5.43.